The average Bonchev–Trinajstić information content (AvgIpc) is 3.23. The number of aromatic nitrogens is 1. The van der Waals surface area contributed by atoms with E-state index in [2.05, 4.69) is 29.4 Å². The van der Waals surface area contributed by atoms with Gasteiger partial charge in [0.05, 0.1) is 5.56 Å². The van der Waals surface area contributed by atoms with Gasteiger partial charge >= 0.3 is 0 Å². The molecule has 1 aliphatic rings. The van der Waals surface area contributed by atoms with Crippen LogP contribution in [0.25, 0.3) is 10.4 Å². The molecule has 2 amide bonds. The van der Waals surface area contributed by atoms with Crippen LogP contribution in [0.4, 0.5) is 0 Å². The minimum absolute atomic E-state index is 0.00340. The van der Waals surface area contributed by atoms with Crippen molar-refractivity contribution in [3.63, 3.8) is 0 Å². The summed E-state index contributed by atoms with van der Waals surface area (Å²) in [4.78, 5) is 32.1. The van der Waals surface area contributed by atoms with Crippen LogP contribution in [0.2, 0.25) is 0 Å². The second kappa shape index (κ2) is 7.44. The van der Waals surface area contributed by atoms with Crippen LogP contribution in [-0.2, 0) is 4.79 Å². The number of thiophene rings is 1. The number of aromatic amines is 1. The van der Waals surface area contributed by atoms with Gasteiger partial charge in [-0.3, -0.25) is 9.59 Å². The number of nitrogens with one attached hydrogen (secondary N) is 2. The molecule has 3 heterocycles. The van der Waals surface area contributed by atoms with E-state index in [0.717, 1.165) is 28.8 Å². The van der Waals surface area contributed by atoms with Crippen molar-refractivity contribution >= 4 is 23.2 Å². The van der Waals surface area contributed by atoms with E-state index >= 15 is 0 Å². The molecule has 134 valence electrons. The van der Waals surface area contributed by atoms with Crippen molar-refractivity contribution in [2.45, 2.75) is 39.7 Å². The first-order chi connectivity index (χ1) is 12.0. The summed E-state index contributed by atoms with van der Waals surface area (Å²) in [5, 5.41) is 3.07. The maximum absolute atomic E-state index is 12.9. The van der Waals surface area contributed by atoms with Crippen LogP contribution in [0.1, 0.15) is 41.9 Å². The Hall–Kier alpha value is -2.08. The van der Waals surface area contributed by atoms with Crippen LogP contribution in [0.15, 0.2) is 24.5 Å². The molecule has 3 rings (SSSR count). The zero-order valence-corrected chi connectivity index (χ0v) is 15.8. The van der Waals surface area contributed by atoms with Gasteiger partial charge in [-0.1, -0.05) is 13.8 Å². The molecule has 25 heavy (non-hydrogen) atoms. The van der Waals surface area contributed by atoms with Crippen LogP contribution in [0, 0.1) is 12.8 Å². The molecule has 2 N–H and O–H groups in total. The van der Waals surface area contributed by atoms with Crippen LogP contribution in [0.3, 0.4) is 0 Å². The fraction of sp³-hybridized carbons (Fsp3) is 0.474. The Labute approximate surface area is 152 Å². The SMILES string of the molecule is Cc1ccc(-c2c[nH]cc2C(=O)N2CCC(NC(=O)C(C)C)CC2)s1. The molecule has 1 aliphatic heterocycles. The van der Waals surface area contributed by atoms with E-state index in [1.165, 1.54) is 4.88 Å². The summed E-state index contributed by atoms with van der Waals surface area (Å²) in [6, 6.07) is 4.31. The molecule has 0 bridgehead atoms. The number of carbonyl (C=O) groups excluding carboxylic acids is 2. The summed E-state index contributed by atoms with van der Waals surface area (Å²) in [5.41, 5.74) is 1.70. The number of nitrogens with zero attached hydrogens (tertiary/aromatic N) is 1. The monoisotopic (exact) mass is 359 g/mol. The highest BCUT2D eigenvalue weighted by Crippen LogP contribution is 2.31. The first kappa shape index (κ1) is 17.7. The third-order valence-electron chi connectivity index (χ3n) is 4.63. The molecule has 0 unspecified atom stereocenters. The Balaban J connectivity index is 1.64. The molecule has 0 aromatic carbocycles. The van der Waals surface area contributed by atoms with E-state index in [-0.39, 0.29) is 23.8 Å². The van der Waals surface area contributed by atoms with Gasteiger partial charge in [0.25, 0.3) is 5.91 Å². The minimum atomic E-state index is -0.00340. The zero-order valence-electron chi connectivity index (χ0n) is 15.0. The van der Waals surface area contributed by atoms with Crippen LogP contribution >= 0.6 is 11.3 Å². The smallest absolute Gasteiger partial charge is 0.256 e. The molecule has 1 saturated heterocycles. The van der Waals surface area contributed by atoms with Crippen LogP contribution in [-0.4, -0.2) is 40.8 Å². The van der Waals surface area contributed by atoms with Crippen LogP contribution < -0.4 is 5.32 Å². The highest BCUT2D eigenvalue weighted by molar-refractivity contribution is 7.15. The highest BCUT2D eigenvalue weighted by Gasteiger charge is 2.27. The number of hydrogen-bond acceptors (Lipinski definition) is 3. The number of rotatable bonds is 4. The summed E-state index contributed by atoms with van der Waals surface area (Å²) in [5.74, 6) is 0.151. The molecule has 0 radical (unpaired) electrons. The molecule has 2 aromatic rings. The average molecular weight is 359 g/mol. The molecule has 6 heteroatoms. The number of aryl methyl sites for hydroxylation is 1. The lowest BCUT2D eigenvalue weighted by Crippen LogP contribution is -2.47. The Morgan fingerprint density at radius 2 is 1.96 bits per heavy atom. The molecular formula is C19H25N3O2S. The third-order valence-corrected chi connectivity index (χ3v) is 5.67. The quantitative estimate of drug-likeness (QED) is 0.878. The first-order valence-corrected chi connectivity index (χ1v) is 9.60. The maximum Gasteiger partial charge on any atom is 0.256 e. The lowest BCUT2D eigenvalue weighted by molar-refractivity contribution is -0.124. The number of carbonyl (C=O) groups is 2. The summed E-state index contributed by atoms with van der Waals surface area (Å²) in [6.07, 6.45) is 5.30. The molecule has 0 spiro atoms. The van der Waals surface area contributed by atoms with E-state index in [0.29, 0.717) is 13.1 Å². The van der Waals surface area contributed by atoms with Crippen LogP contribution in [0.5, 0.6) is 0 Å². The Kier molecular flexibility index (Phi) is 5.27. The highest BCUT2D eigenvalue weighted by atomic mass is 32.1. The molecular weight excluding hydrogens is 334 g/mol. The molecule has 1 fully saturated rings. The van der Waals surface area contributed by atoms with Gasteiger partial charge in [0.1, 0.15) is 0 Å². The van der Waals surface area contributed by atoms with Crippen molar-refractivity contribution in [2.75, 3.05) is 13.1 Å². The van der Waals surface area contributed by atoms with E-state index in [9.17, 15) is 9.59 Å². The van der Waals surface area contributed by atoms with E-state index < -0.39 is 0 Å². The van der Waals surface area contributed by atoms with Gasteiger partial charge in [-0.2, -0.15) is 0 Å². The van der Waals surface area contributed by atoms with Gasteiger partial charge in [0, 0.05) is 52.8 Å². The standard InChI is InChI=1S/C19H25N3O2S/c1-12(2)18(23)21-14-6-8-22(9-7-14)19(24)16-11-20-10-15(16)17-5-4-13(3)25-17/h4-5,10-12,14,20H,6-9H2,1-3H3,(H,21,23). The van der Waals surface area contributed by atoms with E-state index in [1.54, 1.807) is 17.5 Å². The number of hydrogen-bond donors (Lipinski definition) is 2. The van der Waals surface area contributed by atoms with Crippen molar-refractivity contribution in [3.05, 3.63) is 35.0 Å². The normalized spacial score (nSPS) is 15.6. The second-order valence-electron chi connectivity index (χ2n) is 6.92. The summed E-state index contributed by atoms with van der Waals surface area (Å²) >= 11 is 1.70. The minimum Gasteiger partial charge on any atom is -0.366 e. The van der Waals surface area contributed by atoms with E-state index in [1.807, 2.05) is 24.9 Å². The van der Waals surface area contributed by atoms with Crippen molar-refractivity contribution in [2.24, 2.45) is 5.92 Å². The van der Waals surface area contributed by atoms with Gasteiger partial charge in [0.15, 0.2) is 0 Å². The second-order valence-corrected chi connectivity index (χ2v) is 8.21. The van der Waals surface area contributed by atoms with Crippen molar-refractivity contribution in [1.82, 2.24) is 15.2 Å². The predicted molar refractivity (Wildman–Crippen MR) is 101 cm³/mol. The molecule has 2 aromatic heterocycles. The maximum atomic E-state index is 12.9. The molecule has 0 aliphatic carbocycles. The lowest BCUT2D eigenvalue weighted by Gasteiger charge is -2.32. The Bertz CT molecular complexity index is 754. The summed E-state index contributed by atoms with van der Waals surface area (Å²) < 4.78 is 0. The predicted octanol–water partition coefficient (Wildman–Crippen LogP) is 3.43. The molecule has 0 atom stereocenters. The Morgan fingerprint density at radius 3 is 2.56 bits per heavy atom. The Morgan fingerprint density at radius 1 is 1.24 bits per heavy atom. The van der Waals surface area contributed by atoms with Crippen molar-refractivity contribution < 1.29 is 9.59 Å². The summed E-state index contributed by atoms with van der Waals surface area (Å²) in [6.45, 7) is 7.21. The zero-order chi connectivity index (χ0) is 18.0. The van der Waals surface area contributed by atoms with Crippen molar-refractivity contribution in [1.29, 1.82) is 0 Å². The van der Waals surface area contributed by atoms with Gasteiger partial charge in [0.2, 0.25) is 5.91 Å². The number of amides is 2. The number of piperidine rings is 1. The van der Waals surface area contributed by atoms with Gasteiger partial charge in [-0.05, 0) is 31.9 Å². The van der Waals surface area contributed by atoms with E-state index in [4.69, 9.17) is 0 Å². The fourth-order valence-corrected chi connectivity index (χ4v) is 3.99. The number of H-pyrrole nitrogens is 1. The summed E-state index contributed by atoms with van der Waals surface area (Å²) in [7, 11) is 0. The van der Waals surface area contributed by atoms with Crippen molar-refractivity contribution in [3.8, 4) is 10.4 Å². The molecule has 0 saturated carbocycles. The van der Waals surface area contributed by atoms with Gasteiger partial charge in [-0.25, -0.2) is 0 Å². The largest absolute Gasteiger partial charge is 0.366 e. The topological polar surface area (TPSA) is 65.2 Å². The van der Waals surface area contributed by atoms with Gasteiger partial charge in [-0.15, -0.1) is 11.3 Å². The third kappa shape index (κ3) is 3.95. The van der Waals surface area contributed by atoms with Gasteiger partial charge < -0.3 is 15.2 Å². The number of likely N-dealkylation sites (tertiary alicyclic amines) is 1. The first-order valence-electron chi connectivity index (χ1n) is 8.79. The molecule has 5 nitrogen and oxygen atoms in total. The fourth-order valence-electron chi connectivity index (χ4n) is 3.09. The lowest BCUT2D eigenvalue weighted by atomic mass is 10.0.